The second kappa shape index (κ2) is 5.99. The van der Waals surface area contributed by atoms with E-state index in [-0.39, 0.29) is 6.04 Å². The summed E-state index contributed by atoms with van der Waals surface area (Å²) in [5.74, 6) is 0.619. The highest BCUT2D eigenvalue weighted by molar-refractivity contribution is 9.11. The number of carboxylic acid groups (broad SMARTS) is 1. The van der Waals surface area contributed by atoms with Crippen LogP contribution in [-0.4, -0.2) is 34.3 Å². The van der Waals surface area contributed by atoms with E-state index in [1.165, 1.54) is 11.3 Å². The summed E-state index contributed by atoms with van der Waals surface area (Å²) in [5.41, 5.74) is 0. The highest BCUT2D eigenvalue weighted by Crippen LogP contribution is 2.44. The largest absolute Gasteiger partial charge is 0.465 e. The number of amides is 1. The van der Waals surface area contributed by atoms with Gasteiger partial charge in [0.2, 0.25) is 0 Å². The van der Waals surface area contributed by atoms with Crippen LogP contribution < -0.4 is 10.6 Å². The van der Waals surface area contributed by atoms with E-state index in [1.54, 1.807) is 11.3 Å². The first-order chi connectivity index (χ1) is 9.61. The Hall–Kier alpha value is -0.660. The second-order valence-corrected chi connectivity index (χ2v) is 7.97. The van der Waals surface area contributed by atoms with E-state index >= 15 is 0 Å². The third kappa shape index (κ3) is 3.51. The Balaban J connectivity index is 1.42. The monoisotopic (exact) mass is 359 g/mol. The van der Waals surface area contributed by atoms with E-state index in [9.17, 15) is 4.79 Å². The molecule has 2 aliphatic rings. The Morgan fingerprint density at radius 1 is 1.35 bits per heavy atom. The quantitative estimate of drug-likeness (QED) is 0.772. The minimum Gasteiger partial charge on any atom is -0.465 e. The zero-order chi connectivity index (χ0) is 14.1. The summed E-state index contributed by atoms with van der Waals surface area (Å²) in [4.78, 5) is 16.2. The van der Waals surface area contributed by atoms with Gasteiger partial charge in [0.15, 0.2) is 3.92 Å². The SMILES string of the molecule is O=C(O)NC1CCC(NC2CC2c2cnc(Br)s2)CC1. The smallest absolute Gasteiger partial charge is 0.404 e. The predicted octanol–water partition coefficient (Wildman–Crippen LogP) is 2.93. The fourth-order valence-electron chi connectivity index (χ4n) is 3.01. The molecule has 1 aromatic heterocycles. The molecule has 5 nitrogen and oxygen atoms in total. The lowest BCUT2D eigenvalue weighted by molar-refractivity contribution is 0.183. The van der Waals surface area contributed by atoms with Crippen molar-refractivity contribution in [2.45, 2.75) is 56.1 Å². The molecule has 0 bridgehead atoms. The molecule has 1 aromatic rings. The van der Waals surface area contributed by atoms with Gasteiger partial charge in [-0.25, -0.2) is 9.78 Å². The van der Waals surface area contributed by atoms with Gasteiger partial charge in [-0.3, -0.25) is 0 Å². The van der Waals surface area contributed by atoms with Crippen molar-refractivity contribution in [3.8, 4) is 0 Å². The molecule has 3 rings (SSSR count). The molecule has 0 aliphatic heterocycles. The zero-order valence-corrected chi connectivity index (χ0v) is 13.4. The molecule has 2 saturated carbocycles. The summed E-state index contributed by atoms with van der Waals surface area (Å²) in [5, 5.41) is 15.0. The molecule has 0 saturated heterocycles. The lowest BCUT2D eigenvalue weighted by Gasteiger charge is -2.29. The van der Waals surface area contributed by atoms with Crippen LogP contribution in [0.3, 0.4) is 0 Å². The number of nitrogens with one attached hydrogen (secondary N) is 2. The molecule has 7 heteroatoms. The van der Waals surface area contributed by atoms with Gasteiger partial charge >= 0.3 is 6.09 Å². The van der Waals surface area contributed by atoms with Crippen molar-refractivity contribution in [2.24, 2.45) is 0 Å². The van der Waals surface area contributed by atoms with Crippen molar-refractivity contribution in [3.05, 3.63) is 15.0 Å². The Morgan fingerprint density at radius 3 is 2.65 bits per heavy atom. The van der Waals surface area contributed by atoms with Crippen LogP contribution in [0, 0.1) is 0 Å². The van der Waals surface area contributed by atoms with E-state index in [4.69, 9.17) is 5.11 Å². The average molecular weight is 360 g/mol. The normalized spacial score (nSPS) is 32.9. The molecule has 20 heavy (non-hydrogen) atoms. The number of thiazole rings is 1. The lowest BCUT2D eigenvalue weighted by atomic mass is 9.91. The number of hydrogen-bond donors (Lipinski definition) is 3. The summed E-state index contributed by atoms with van der Waals surface area (Å²) in [6, 6.07) is 1.25. The molecule has 2 unspecified atom stereocenters. The third-order valence-electron chi connectivity index (χ3n) is 4.16. The highest BCUT2D eigenvalue weighted by atomic mass is 79.9. The molecule has 3 N–H and O–H groups in total. The maximum Gasteiger partial charge on any atom is 0.404 e. The molecule has 1 heterocycles. The third-order valence-corrected chi connectivity index (χ3v) is 5.76. The van der Waals surface area contributed by atoms with E-state index < -0.39 is 6.09 Å². The van der Waals surface area contributed by atoms with Gasteiger partial charge in [0.05, 0.1) is 0 Å². The first-order valence-corrected chi connectivity index (χ1v) is 8.59. The van der Waals surface area contributed by atoms with Crippen molar-refractivity contribution in [2.75, 3.05) is 0 Å². The Bertz CT molecular complexity index is 488. The lowest BCUT2D eigenvalue weighted by Crippen LogP contribution is -2.42. The van der Waals surface area contributed by atoms with Gasteiger partial charge in [-0.2, -0.15) is 0 Å². The summed E-state index contributed by atoms with van der Waals surface area (Å²) in [6.45, 7) is 0. The van der Waals surface area contributed by atoms with Crippen molar-refractivity contribution >= 4 is 33.4 Å². The van der Waals surface area contributed by atoms with Gasteiger partial charge in [0.1, 0.15) is 0 Å². The number of hydrogen-bond acceptors (Lipinski definition) is 4. The average Bonchev–Trinajstić information content (AvgIpc) is 3.03. The summed E-state index contributed by atoms with van der Waals surface area (Å²) in [6.07, 6.45) is 6.25. The minimum atomic E-state index is -0.903. The first kappa shape index (κ1) is 14.3. The van der Waals surface area contributed by atoms with Crippen LogP contribution >= 0.6 is 27.3 Å². The molecule has 2 atom stereocenters. The van der Waals surface area contributed by atoms with Gasteiger partial charge in [-0.1, -0.05) is 0 Å². The van der Waals surface area contributed by atoms with Crippen LogP contribution in [-0.2, 0) is 0 Å². The second-order valence-electron chi connectivity index (χ2n) is 5.63. The van der Waals surface area contributed by atoms with Crippen LogP contribution in [0.5, 0.6) is 0 Å². The molecule has 1 amide bonds. The topological polar surface area (TPSA) is 74.2 Å². The fourth-order valence-corrected chi connectivity index (χ4v) is 4.49. The number of halogens is 1. The van der Waals surface area contributed by atoms with Crippen molar-refractivity contribution < 1.29 is 9.90 Å². The van der Waals surface area contributed by atoms with Gasteiger partial charge < -0.3 is 15.7 Å². The Kier molecular flexibility index (Phi) is 4.28. The van der Waals surface area contributed by atoms with Gasteiger partial charge in [-0.05, 0) is 48.0 Å². The summed E-state index contributed by atoms with van der Waals surface area (Å²) < 4.78 is 0.957. The molecule has 0 spiro atoms. The molecular weight excluding hydrogens is 342 g/mol. The fraction of sp³-hybridized carbons (Fsp3) is 0.692. The van der Waals surface area contributed by atoms with Crippen LogP contribution in [0.4, 0.5) is 4.79 Å². The number of aromatic nitrogens is 1. The van der Waals surface area contributed by atoms with Crippen LogP contribution in [0.15, 0.2) is 10.1 Å². The predicted molar refractivity (Wildman–Crippen MR) is 81.3 cm³/mol. The summed E-state index contributed by atoms with van der Waals surface area (Å²) >= 11 is 5.13. The molecule has 110 valence electrons. The van der Waals surface area contributed by atoms with E-state index in [0.717, 1.165) is 29.6 Å². The molecule has 2 fully saturated rings. The minimum absolute atomic E-state index is 0.137. The molecule has 0 radical (unpaired) electrons. The van der Waals surface area contributed by atoms with E-state index in [0.29, 0.717) is 18.0 Å². The van der Waals surface area contributed by atoms with E-state index in [2.05, 4.69) is 31.5 Å². The first-order valence-electron chi connectivity index (χ1n) is 6.98. The Labute approximate surface area is 130 Å². The zero-order valence-electron chi connectivity index (χ0n) is 11.0. The highest BCUT2D eigenvalue weighted by Gasteiger charge is 2.41. The molecular formula is C13H18BrN3O2S. The van der Waals surface area contributed by atoms with Gasteiger partial charge in [0, 0.05) is 35.1 Å². The number of carbonyl (C=O) groups is 1. The standard InChI is InChI=1S/C13H18BrN3O2S/c14-12-15-6-11(20-12)9-5-10(9)16-7-1-3-8(4-2-7)17-13(18)19/h6-10,16-17H,1-5H2,(H,18,19). The maximum atomic E-state index is 10.6. The van der Waals surface area contributed by atoms with Gasteiger partial charge in [0.25, 0.3) is 0 Å². The van der Waals surface area contributed by atoms with Crippen LogP contribution in [0.1, 0.15) is 42.9 Å². The van der Waals surface area contributed by atoms with E-state index in [1.807, 2.05) is 6.20 Å². The van der Waals surface area contributed by atoms with Crippen molar-refractivity contribution in [1.29, 1.82) is 0 Å². The van der Waals surface area contributed by atoms with Crippen molar-refractivity contribution in [3.63, 3.8) is 0 Å². The van der Waals surface area contributed by atoms with Crippen molar-refractivity contribution in [1.82, 2.24) is 15.6 Å². The van der Waals surface area contributed by atoms with Gasteiger partial charge in [-0.15, -0.1) is 11.3 Å². The molecule has 2 aliphatic carbocycles. The molecule has 0 aromatic carbocycles. The maximum absolute atomic E-state index is 10.6. The Morgan fingerprint density at radius 2 is 2.05 bits per heavy atom. The number of rotatable bonds is 4. The van der Waals surface area contributed by atoms with Crippen LogP contribution in [0.2, 0.25) is 0 Å². The summed E-state index contributed by atoms with van der Waals surface area (Å²) in [7, 11) is 0. The van der Waals surface area contributed by atoms with Crippen LogP contribution in [0.25, 0.3) is 0 Å². The number of nitrogens with zero attached hydrogens (tertiary/aromatic N) is 1.